The van der Waals surface area contributed by atoms with Crippen molar-refractivity contribution in [1.29, 1.82) is 0 Å². The van der Waals surface area contributed by atoms with Gasteiger partial charge in [0.2, 0.25) is 5.95 Å². The van der Waals surface area contributed by atoms with Crippen molar-refractivity contribution in [3.8, 4) is 11.4 Å². The van der Waals surface area contributed by atoms with E-state index in [-0.39, 0.29) is 0 Å². The molecular formula is C10H13N5. The molecule has 0 radical (unpaired) electrons. The van der Waals surface area contributed by atoms with Crippen LogP contribution in [0.3, 0.4) is 0 Å². The second kappa shape index (κ2) is 3.27. The molecule has 0 fully saturated rings. The van der Waals surface area contributed by atoms with E-state index >= 15 is 0 Å². The molecule has 0 aliphatic carbocycles. The third kappa shape index (κ3) is 1.63. The van der Waals surface area contributed by atoms with E-state index in [1.807, 2.05) is 25.1 Å². The lowest BCUT2D eigenvalue weighted by atomic mass is 10.1. The van der Waals surface area contributed by atoms with Crippen molar-refractivity contribution in [3.05, 3.63) is 23.8 Å². The van der Waals surface area contributed by atoms with Crippen LogP contribution in [-0.2, 0) is 7.05 Å². The molecule has 15 heavy (non-hydrogen) atoms. The first-order chi connectivity index (χ1) is 7.08. The summed E-state index contributed by atoms with van der Waals surface area (Å²) in [7, 11) is 1.76. The summed E-state index contributed by atoms with van der Waals surface area (Å²) in [5.41, 5.74) is 14.0. The number of aromatic nitrogens is 3. The summed E-state index contributed by atoms with van der Waals surface area (Å²) in [6, 6.07) is 5.65. The monoisotopic (exact) mass is 203 g/mol. The fraction of sp³-hybridized carbons (Fsp3) is 0.200. The van der Waals surface area contributed by atoms with Crippen molar-refractivity contribution in [2.75, 3.05) is 11.5 Å². The number of hydrogen-bond acceptors (Lipinski definition) is 4. The zero-order chi connectivity index (χ0) is 11.0. The van der Waals surface area contributed by atoms with E-state index in [4.69, 9.17) is 11.5 Å². The second-order valence-corrected chi connectivity index (χ2v) is 3.49. The zero-order valence-electron chi connectivity index (χ0n) is 8.73. The van der Waals surface area contributed by atoms with Crippen molar-refractivity contribution < 1.29 is 0 Å². The number of rotatable bonds is 1. The maximum absolute atomic E-state index is 5.72. The Morgan fingerprint density at radius 1 is 1.27 bits per heavy atom. The molecule has 1 aromatic carbocycles. The smallest absolute Gasteiger partial charge is 0.218 e. The molecule has 0 bridgehead atoms. The molecular weight excluding hydrogens is 190 g/mol. The molecule has 5 nitrogen and oxygen atoms in total. The molecule has 0 saturated heterocycles. The lowest BCUT2D eigenvalue weighted by Crippen LogP contribution is -1.97. The summed E-state index contributed by atoms with van der Waals surface area (Å²) in [6.45, 7) is 1.99. The Morgan fingerprint density at radius 3 is 2.60 bits per heavy atom. The minimum atomic E-state index is 0.395. The topological polar surface area (TPSA) is 82.7 Å². The lowest BCUT2D eigenvalue weighted by Gasteiger charge is -2.01. The first-order valence-corrected chi connectivity index (χ1v) is 4.61. The summed E-state index contributed by atoms with van der Waals surface area (Å²) in [5.74, 6) is 1.01. The predicted octanol–water partition coefficient (Wildman–Crippen LogP) is 0.955. The Morgan fingerprint density at radius 2 is 2.00 bits per heavy atom. The molecule has 0 unspecified atom stereocenters. The highest BCUT2D eigenvalue weighted by Crippen LogP contribution is 2.22. The number of anilines is 2. The first-order valence-electron chi connectivity index (χ1n) is 4.61. The number of nitrogen functional groups attached to an aromatic ring is 2. The summed E-state index contributed by atoms with van der Waals surface area (Å²) in [5, 5.41) is 4.21. The van der Waals surface area contributed by atoms with Gasteiger partial charge in [-0.15, -0.1) is 5.10 Å². The fourth-order valence-corrected chi connectivity index (χ4v) is 1.39. The second-order valence-electron chi connectivity index (χ2n) is 3.49. The van der Waals surface area contributed by atoms with Crippen LogP contribution < -0.4 is 11.5 Å². The highest BCUT2D eigenvalue weighted by atomic mass is 15.4. The van der Waals surface area contributed by atoms with Crippen LogP contribution in [0.2, 0.25) is 0 Å². The van der Waals surface area contributed by atoms with Gasteiger partial charge in [-0.1, -0.05) is 6.07 Å². The molecule has 2 aromatic rings. The summed E-state index contributed by atoms with van der Waals surface area (Å²) >= 11 is 0. The minimum absolute atomic E-state index is 0.395. The van der Waals surface area contributed by atoms with Gasteiger partial charge in [-0.3, -0.25) is 0 Å². The molecule has 0 saturated carbocycles. The minimum Gasteiger partial charge on any atom is -0.399 e. The normalized spacial score (nSPS) is 10.5. The standard InChI is InChI=1S/C10H13N5/c1-6-3-4-7(11)5-8(6)9-13-10(12)15(2)14-9/h3-5H,11H2,1-2H3,(H2,12,13,14). The third-order valence-corrected chi connectivity index (χ3v) is 2.30. The number of nitrogens with zero attached hydrogens (tertiary/aromatic N) is 3. The van der Waals surface area contributed by atoms with Crippen LogP contribution in [0.25, 0.3) is 11.4 Å². The molecule has 0 spiro atoms. The Hall–Kier alpha value is -2.04. The number of benzene rings is 1. The van der Waals surface area contributed by atoms with Crippen LogP contribution in [0.1, 0.15) is 5.56 Å². The van der Waals surface area contributed by atoms with Gasteiger partial charge in [0.1, 0.15) is 0 Å². The van der Waals surface area contributed by atoms with Gasteiger partial charge in [0, 0.05) is 18.3 Å². The molecule has 0 amide bonds. The maximum Gasteiger partial charge on any atom is 0.218 e. The molecule has 0 aliphatic heterocycles. The zero-order valence-corrected chi connectivity index (χ0v) is 8.73. The molecule has 2 rings (SSSR count). The number of nitrogens with two attached hydrogens (primary N) is 2. The predicted molar refractivity (Wildman–Crippen MR) is 60.0 cm³/mol. The average molecular weight is 203 g/mol. The molecule has 5 heteroatoms. The van der Waals surface area contributed by atoms with E-state index in [1.165, 1.54) is 4.68 Å². The maximum atomic E-state index is 5.72. The highest BCUT2D eigenvalue weighted by Gasteiger charge is 2.09. The van der Waals surface area contributed by atoms with E-state index < -0.39 is 0 Å². The van der Waals surface area contributed by atoms with Crippen molar-refractivity contribution in [2.45, 2.75) is 6.92 Å². The van der Waals surface area contributed by atoms with Gasteiger partial charge in [0.25, 0.3) is 0 Å². The van der Waals surface area contributed by atoms with Crippen LogP contribution in [-0.4, -0.2) is 14.8 Å². The summed E-state index contributed by atoms with van der Waals surface area (Å²) in [6.07, 6.45) is 0. The quantitative estimate of drug-likeness (QED) is 0.676. The van der Waals surface area contributed by atoms with Crippen LogP contribution in [0.4, 0.5) is 11.6 Å². The van der Waals surface area contributed by atoms with Gasteiger partial charge in [0.15, 0.2) is 5.82 Å². The fourth-order valence-electron chi connectivity index (χ4n) is 1.39. The largest absolute Gasteiger partial charge is 0.399 e. The summed E-state index contributed by atoms with van der Waals surface area (Å²) in [4.78, 5) is 4.16. The summed E-state index contributed by atoms with van der Waals surface area (Å²) < 4.78 is 1.54. The van der Waals surface area contributed by atoms with Crippen molar-refractivity contribution in [2.24, 2.45) is 7.05 Å². The van der Waals surface area contributed by atoms with Crippen LogP contribution in [0.5, 0.6) is 0 Å². The van der Waals surface area contributed by atoms with E-state index in [0.717, 1.165) is 11.1 Å². The van der Waals surface area contributed by atoms with Gasteiger partial charge < -0.3 is 11.5 Å². The van der Waals surface area contributed by atoms with Crippen LogP contribution in [0.15, 0.2) is 18.2 Å². The van der Waals surface area contributed by atoms with Gasteiger partial charge in [-0.2, -0.15) is 4.98 Å². The van der Waals surface area contributed by atoms with Crippen LogP contribution >= 0.6 is 0 Å². The van der Waals surface area contributed by atoms with Crippen LogP contribution in [0, 0.1) is 6.92 Å². The Balaban J connectivity index is 2.58. The van der Waals surface area contributed by atoms with Gasteiger partial charge >= 0.3 is 0 Å². The van der Waals surface area contributed by atoms with E-state index in [1.54, 1.807) is 7.05 Å². The molecule has 1 heterocycles. The van der Waals surface area contributed by atoms with E-state index in [2.05, 4.69) is 10.1 Å². The number of hydrogen-bond donors (Lipinski definition) is 2. The molecule has 0 atom stereocenters. The highest BCUT2D eigenvalue weighted by molar-refractivity contribution is 5.65. The van der Waals surface area contributed by atoms with E-state index in [0.29, 0.717) is 17.5 Å². The molecule has 4 N–H and O–H groups in total. The van der Waals surface area contributed by atoms with Crippen molar-refractivity contribution >= 4 is 11.6 Å². The average Bonchev–Trinajstić information content (AvgIpc) is 2.51. The third-order valence-electron chi connectivity index (χ3n) is 2.30. The Labute approximate surface area is 87.7 Å². The van der Waals surface area contributed by atoms with Gasteiger partial charge in [-0.05, 0) is 24.6 Å². The van der Waals surface area contributed by atoms with Crippen molar-refractivity contribution in [1.82, 2.24) is 14.8 Å². The Kier molecular flexibility index (Phi) is 2.07. The van der Waals surface area contributed by atoms with Gasteiger partial charge in [-0.25, -0.2) is 4.68 Å². The molecule has 78 valence electrons. The van der Waals surface area contributed by atoms with Crippen molar-refractivity contribution in [3.63, 3.8) is 0 Å². The lowest BCUT2D eigenvalue weighted by molar-refractivity contribution is 0.780. The SMILES string of the molecule is Cc1ccc(N)cc1-c1nc(N)n(C)n1. The van der Waals surface area contributed by atoms with Gasteiger partial charge in [0.05, 0.1) is 0 Å². The molecule has 0 aliphatic rings. The van der Waals surface area contributed by atoms with E-state index in [9.17, 15) is 0 Å². The molecule has 1 aromatic heterocycles. The number of aryl methyl sites for hydroxylation is 2. The first kappa shape index (κ1) is 9.51. The Bertz CT molecular complexity index is 481.